The van der Waals surface area contributed by atoms with E-state index in [0.717, 1.165) is 11.3 Å². The lowest BCUT2D eigenvalue weighted by Crippen LogP contribution is -2.14. The van der Waals surface area contributed by atoms with Gasteiger partial charge in [-0.15, -0.1) is 16.8 Å². The van der Waals surface area contributed by atoms with E-state index in [4.69, 9.17) is 4.84 Å². The van der Waals surface area contributed by atoms with Crippen LogP contribution in [0.2, 0.25) is 0 Å². The third-order valence-electron chi connectivity index (χ3n) is 3.90. The van der Waals surface area contributed by atoms with Crippen LogP contribution in [-0.4, -0.2) is 29.7 Å². The van der Waals surface area contributed by atoms with Gasteiger partial charge in [-0.25, -0.2) is 0 Å². The Kier molecular flexibility index (Phi) is 7.69. The van der Waals surface area contributed by atoms with Crippen molar-refractivity contribution in [1.29, 1.82) is 0 Å². The highest BCUT2D eigenvalue weighted by atomic mass is 32.2. The number of allylic oxidation sites excluding steroid dienone is 6. The van der Waals surface area contributed by atoms with Gasteiger partial charge in [0.05, 0.1) is 11.4 Å². The molecule has 0 unspecified atom stereocenters. The van der Waals surface area contributed by atoms with Gasteiger partial charge in [0.1, 0.15) is 0 Å². The summed E-state index contributed by atoms with van der Waals surface area (Å²) in [6.45, 7) is 2.81. The number of hydroxylamine groups is 2. The minimum absolute atomic E-state index is 0.0446. The van der Waals surface area contributed by atoms with Crippen LogP contribution < -0.4 is 0 Å². The van der Waals surface area contributed by atoms with Crippen molar-refractivity contribution in [3.63, 3.8) is 0 Å². The molecule has 126 valence electrons. The second-order valence-corrected chi connectivity index (χ2v) is 7.35. The molecular formula is C19H27NO2S. The number of ketones is 1. The van der Waals surface area contributed by atoms with Gasteiger partial charge in [0, 0.05) is 12.3 Å². The van der Waals surface area contributed by atoms with Crippen LogP contribution in [0.25, 0.3) is 0 Å². The van der Waals surface area contributed by atoms with Crippen molar-refractivity contribution >= 4 is 17.5 Å². The van der Waals surface area contributed by atoms with E-state index >= 15 is 0 Å². The number of carbonyl (C=O) groups is 1. The molecule has 23 heavy (non-hydrogen) atoms. The van der Waals surface area contributed by atoms with E-state index in [9.17, 15) is 4.79 Å². The first-order valence-corrected chi connectivity index (χ1v) is 9.41. The molecule has 0 bridgehead atoms. The minimum Gasteiger partial charge on any atom is -0.401 e. The SMILES string of the molecule is CC\C=C/C=C\C=C\C(=O)C1=C(SC2CCCCC2)CN(C)O1. The number of nitrogens with zero attached hydrogens (tertiary/aromatic N) is 1. The van der Waals surface area contributed by atoms with Crippen LogP contribution in [0.15, 0.2) is 47.1 Å². The molecule has 0 amide bonds. The van der Waals surface area contributed by atoms with Gasteiger partial charge < -0.3 is 4.84 Å². The lowest BCUT2D eigenvalue weighted by molar-refractivity contribution is -0.124. The molecule has 0 radical (unpaired) electrons. The van der Waals surface area contributed by atoms with Gasteiger partial charge in [-0.05, 0) is 25.3 Å². The zero-order chi connectivity index (χ0) is 16.5. The third-order valence-corrected chi connectivity index (χ3v) is 5.31. The molecule has 0 aromatic carbocycles. The molecular weight excluding hydrogens is 306 g/mol. The predicted molar refractivity (Wildman–Crippen MR) is 97.9 cm³/mol. The molecule has 0 spiro atoms. The molecule has 0 N–H and O–H groups in total. The fourth-order valence-electron chi connectivity index (χ4n) is 2.73. The summed E-state index contributed by atoms with van der Waals surface area (Å²) >= 11 is 1.85. The van der Waals surface area contributed by atoms with Crippen molar-refractivity contribution in [2.45, 2.75) is 50.7 Å². The zero-order valence-corrected chi connectivity index (χ0v) is 15.0. The highest BCUT2D eigenvalue weighted by Crippen LogP contribution is 2.37. The molecule has 0 atom stereocenters. The Morgan fingerprint density at radius 3 is 2.70 bits per heavy atom. The van der Waals surface area contributed by atoms with E-state index < -0.39 is 0 Å². The lowest BCUT2D eigenvalue weighted by atomic mass is 10.0. The van der Waals surface area contributed by atoms with E-state index in [1.165, 1.54) is 32.1 Å². The number of likely N-dealkylation sites (N-methyl/N-ethyl adjacent to an activating group) is 1. The topological polar surface area (TPSA) is 29.5 Å². The van der Waals surface area contributed by atoms with Gasteiger partial charge in [-0.3, -0.25) is 4.79 Å². The Hall–Kier alpha value is -1.26. The van der Waals surface area contributed by atoms with Crippen LogP contribution in [0.4, 0.5) is 0 Å². The van der Waals surface area contributed by atoms with Crippen LogP contribution in [0, 0.1) is 0 Å². The molecule has 0 aromatic heterocycles. The Morgan fingerprint density at radius 1 is 1.22 bits per heavy atom. The quantitative estimate of drug-likeness (QED) is 0.495. The highest BCUT2D eigenvalue weighted by Gasteiger charge is 2.28. The Bertz CT molecular complexity index is 513. The summed E-state index contributed by atoms with van der Waals surface area (Å²) in [7, 11) is 1.88. The molecule has 2 rings (SSSR count). The van der Waals surface area contributed by atoms with Crippen molar-refractivity contribution in [3.8, 4) is 0 Å². The number of rotatable bonds is 7. The van der Waals surface area contributed by atoms with Crippen LogP contribution >= 0.6 is 11.8 Å². The summed E-state index contributed by atoms with van der Waals surface area (Å²) in [5.41, 5.74) is 0. The van der Waals surface area contributed by atoms with E-state index in [2.05, 4.69) is 13.0 Å². The summed E-state index contributed by atoms with van der Waals surface area (Å²) in [6.07, 6.45) is 18.7. The molecule has 1 fully saturated rings. The maximum Gasteiger partial charge on any atom is 0.223 e. The van der Waals surface area contributed by atoms with E-state index in [-0.39, 0.29) is 5.78 Å². The molecule has 4 heteroatoms. The van der Waals surface area contributed by atoms with E-state index in [1.807, 2.05) is 37.0 Å². The molecule has 1 aliphatic heterocycles. The Balaban J connectivity index is 1.96. The molecule has 0 saturated heterocycles. The second-order valence-electron chi connectivity index (χ2n) is 5.95. The van der Waals surface area contributed by atoms with Crippen LogP contribution in [0.3, 0.4) is 0 Å². The summed E-state index contributed by atoms with van der Waals surface area (Å²) in [4.78, 5) is 19.1. The van der Waals surface area contributed by atoms with Crippen molar-refractivity contribution in [2.24, 2.45) is 0 Å². The standard InChI is InChI=1S/C19H27NO2S/c1-3-4-5-6-7-11-14-17(21)19-18(15-20(2)22-19)23-16-12-9-8-10-13-16/h4-7,11,14,16H,3,8-10,12-13,15H2,1-2H3/b5-4-,7-6-,14-11+. The summed E-state index contributed by atoms with van der Waals surface area (Å²) < 4.78 is 0. The number of hydrogen-bond donors (Lipinski definition) is 0. The minimum atomic E-state index is -0.0446. The summed E-state index contributed by atoms with van der Waals surface area (Å²) in [5.74, 6) is 0.466. The van der Waals surface area contributed by atoms with Gasteiger partial charge >= 0.3 is 0 Å². The van der Waals surface area contributed by atoms with Crippen molar-refractivity contribution in [1.82, 2.24) is 5.06 Å². The monoisotopic (exact) mass is 333 g/mol. The molecule has 3 nitrogen and oxygen atoms in total. The normalized spacial score (nSPS) is 21.1. The maximum absolute atomic E-state index is 12.4. The van der Waals surface area contributed by atoms with Crippen LogP contribution in [-0.2, 0) is 9.63 Å². The Morgan fingerprint density at radius 2 is 1.96 bits per heavy atom. The molecule has 1 heterocycles. The first-order valence-electron chi connectivity index (χ1n) is 8.53. The fraction of sp³-hybridized carbons (Fsp3) is 0.526. The van der Waals surface area contributed by atoms with Crippen molar-refractivity contribution in [2.75, 3.05) is 13.6 Å². The van der Waals surface area contributed by atoms with Gasteiger partial charge in [-0.2, -0.15) is 0 Å². The Labute approximate surface area is 144 Å². The zero-order valence-electron chi connectivity index (χ0n) is 14.2. The summed E-state index contributed by atoms with van der Waals surface area (Å²) in [5, 5.41) is 2.38. The predicted octanol–water partition coefficient (Wildman–Crippen LogP) is 4.79. The van der Waals surface area contributed by atoms with Gasteiger partial charge in [0.25, 0.3) is 0 Å². The number of carbonyl (C=O) groups excluding carboxylic acids is 1. The van der Waals surface area contributed by atoms with Gasteiger partial charge in [-0.1, -0.05) is 56.6 Å². The number of hydrogen-bond acceptors (Lipinski definition) is 4. The summed E-state index contributed by atoms with van der Waals surface area (Å²) in [6, 6.07) is 0. The average Bonchev–Trinajstić information content (AvgIpc) is 2.92. The van der Waals surface area contributed by atoms with Crippen LogP contribution in [0.5, 0.6) is 0 Å². The molecule has 0 aromatic rings. The largest absolute Gasteiger partial charge is 0.401 e. The smallest absolute Gasteiger partial charge is 0.223 e. The lowest BCUT2D eigenvalue weighted by Gasteiger charge is -2.21. The van der Waals surface area contributed by atoms with E-state index in [1.54, 1.807) is 17.2 Å². The van der Waals surface area contributed by atoms with Crippen molar-refractivity contribution < 1.29 is 9.63 Å². The maximum atomic E-state index is 12.4. The highest BCUT2D eigenvalue weighted by molar-refractivity contribution is 8.03. The molecule has 2 aliphatic rings. The fourth-order valence-corrected chi connectivity index (χ4v) is 4.20. The van der Waals surface area contributed by atoms with E-state index in [0.29, 0.717) is 17.6 Å². The molecule has 1 saturated carbocycles. The van der Waals surface area contributed by atoms with Crippen LogP contribution in [0.1, 0.15) is 45.4 Å². The number of thioether (sulfide) groups is 1. The second kappa shape index (κ2) is 9.78. The first kappa shape index (κ1) is 18.1. The van der Waals surface area contributed by atoms with Gasteiger partial charge in [0.2, 0.25) is 11.5 Å². The average molecular weight is 333 g/mol. The van der Waals surface area contributed by atoms with Crippen molar-refractivity contribution in [3.05, 3.63) is 47.1 Å². The first-order chi connectivity index (χ1) is 11.2. The van der Waals surface area contributed by atoms with Gasteiger partial charge in [0.15, 0.2) is 0 Å². The third kappa shape index (κ3) is 6.04. The molecule has 1 aliphatic carbocycles.